The van der Waals surface area contributed by atoms with Crippen molar-refractivity contribution in [3.63, 3.8) is 0 Å². The lowest BCUT2D eigenvalue weighted by molar-refractivity contribution is 0.249. The molecule has 3 rings (SSSR count). The standard InChI is InChI=1S/C21H23N3O4/c1-13-12-22-20(28-13)15-6-5-7-16(10-15)24-21(25)23-14(2)18-9-8-17(26-3)11-19(18)27-4/h5-12,14H,1-4H3,(H2,23,24,25)/t14-/m1/s1. The summed E-state index contributed by atoms with van der Waals surface area (Å²) >= 11 is 0. The van der Waals surface area contributed by atoms with E-state index in [2.05, 4.69) is 15.6 Å². The van der Waals surface area contributed by atoms with E-state index in [0.29, 0.717) is 23.1 Å². The van der Waals surface area contributed by atoms with Crippen LogP contribution >= 0.6 is 0 Å². The highest BCUT2D eigenvalue weighted by molar-refractivity contribution is 5.90. The number of aryl methyl sites for hydroxylation is 1. The van der Waals surface area contributed by atoms with Gasteiger partial charge >= 0.3 is 6.03 Å². The van der Waals surface area contributed by atoms with Crippen LogP contribution in [0.5, 0.6) is 11.5 Å². The highest BCUT2D eigenvalue weighted by Crippen LogP contribution is 2.29. The Bertz CT molecular complexity index is 968. The number of hydrogen-bond acceptors (Lipinski definition) is 5. The first-order valence-corrected chi connectivity index (χ1v) is 8.82. The molecular formula is C21H23N3O4. The highest BCUT2D eigenvalue weighted by atomic mass is 16.5. The third kappa shape index (κ3) is 4.43. The fourth-order valence-electron chi connectivity index (χ4n) is 2.84. The molecule has 7 nitrogen and oxygen atoms in total. The molecule has 0 radical (unpaired) electrons. The Balaban J connectivity index is 1.69. The zero-order valence-corrected chi connectivity index (χ0v) is 16.3. The van der Waals surface area contributed by atoms with Crippen LogP contribution in [0.15, 0.2) is 53.1 Å². The Labute approximate surface area is 163 Å². The van der Waals surface area contributed by atoms with E-state index in [0.717, 1.165) is 16.9 Å². The molecule has 2 N–H and O–H groups in total. The molecule has 0 saturated carbocycles. The molecule has 1 atom stereocenters. The largest absolute Gasteiger partial charge is 0.497 e. The monoisotopic (exact) mass is 381 g/mol. The molecule has 1 heterocycles. The zero-order valence-electron chi connectivity index (χ0n) is 16.3. The van der Waals surface area contributed by atoms with E-state index in [9.17, 15) is 4.79 Å². The molecule has 0 spiro atoms. The Kier molecular flexibility index (Phi) is 5.84. The van der Waals surface area contributed by atoms with Gasteiger partial charge in [0.2, 0.25) is 5.89 Å². The van der Waals surface area contributed by atoms with Gasteiger partial charge in [-0.05, 0) is 44.2 Å². The third-order valence-electron chi connectivity index (χ3n) is 4.24. The molecular weight excluding hydrogens is 358 g/mol. The van der Waals surface area contributed by atoms with Crippen LogP contribution in [0.2, 0.25) is 0 Å². The van der Waals surface area contributed by atoms with Crippen molar-refractivity contribution in [3.8, 4) is 23.0 Å². The highest BCUT2D eigenvalue weighted by Gasteiger charge is 2.15. The van der Waals surface area contributed by atoms with Gasteiger partial charge in [0.1, 0.15) is 17.3 Å². The van der Waals surface area contributed by atoms with E-state index < -0.39 is 0 Å². The minimum atomic E-state index is -0.328. The van der Waals surface area contributed by atoms with Crippen LogP contribution in [0.3, 0.4) is 0 Å². The predicted molar refractivity (Wildman–Crippen MR) is 107 cm³/mol. The van der Waals surface area contributed by atoms with Gasteiger partial charge in [-0.15, -0.1) is 0 Å². The molecule has 2 aromatic carbocycles. The molecule has 2 amide bonds. The van der Waals surface area contributed by atoms with E-state index in [1.165, 1.54) is 0 Å². The quantitative estimate of drug-likeness (QED) is 0.654. The Hall–Kier alpha value is -3.48. The number of rotatable bonds is 6. The van der Waals surface area contributed by atoms with Gasteiger partial charge in [-0.1, -0.05) is 6.07 Å². The van der Waals surface area contributed by atoms with Gasteiger partial charge in [0.15, 0.2) is 0 Å². The molecule has 0 unspecified atom stereocenters. The molecule has 146 valence electrons. The molecule has 0 aliphatic rings. The number of ether oxygens (including phenoxy) is 2. The number of hydrogen-bond donors (Lipinski definition) is 2. The number of aromatic nitrogens is 1. The lowest BCUT2D eigenvalue weighted by Crippen LogP contribution is -2.31. The van der Waals surface area contributed by atoms with Crippen molar-refractivity contribution in [2.45, 2.75) is 19.9 Å². The van der Waals surface area contributed by atoms with Gasteiger partial charge in [0.25, 0.3) is 0 Å². The number of urea groups is 1. The Morgan fingerprint density at radius 1 is 1.14 bits per heavy atom. The Morgan fingerprint density at radius 3 is 2.64 bits per heavy atom. The van der Waals surface area contributed by atoms with Crippen molar-refractivity contribution in [2.24, 2.45) is 0 Å². The summed E-state index contributed by atoms with van der Waals surface area (Å²) in [6.45, 7) is 3.72. The number of carbonyl (C=O) groups excluding carboxylic acids is 1. The van der Waals surface area contributed by atoms with Crippen LogP contribution < -0.4 is 20.1 Å². The van der Waals surface area contributed by atoms with Gasteiger partial charge in [-0.3, -0.25) is 0 Å². The van der Waals surface area contributed by atoms with Crippen molar-refractivity contribution < 1.29 is 18.7 Å². The summed E-state index contributed by atoms with van der Waals surface area (Å²) in [5, 5.41) is 5.74. The number of carbonyl (C=O) groups is 1. The van der Waals surface area contributed by atoms with Crippen LogP contribution in [0.25, 0.3) is 11.5 Å². The van der Waals surface area contributed by atoms with E-state index in [1.807, 2.05) is 44.2 Å². The van der Waals surface area contributed by atoms with Crippen LogP contribution in [0.1, 0.15) is 24.3 Å². The average Bonchev–Trinajstić information content (AvgIpc) is 3.13. The summed E-state index contributed by atoms with van der Waals surface area (Å²) in [6.07, 6.45) is 1.66. The molecule has 0 aliphatic carbocycles. The molecule has 1 aromatic heterocycles. The topological polar surface area (TPSA) is 85.6 Å². The summed E-state index contributed by atoms with van der Waals surface area (Å²) in [5.74, 6) is 2.58. The molecule has 0 saturated heterocycles. The Morgan fingerprint density at radius 2 is 1.96 bits per heavy atom. The summed E-state index contributed by atoms with van der Waals surface area (Å²) in [5.41, 5.74) is 2.28. The van der Waals surface area contributed by atoms with Crippen molar-refractivity contribution in [3.05, 3.63) is 60.0 Å². The summed E-state index contributed by atoms with van der Waals surface area (Å²) in [6, 6.07) is 12.2. The summed E-state index contributed by atoms with van der Waals surface area (Å²) in [7, 11) is 3.18. The molecule has 28 heavy (non-hydrogen) atoms. The maximum atomic E-state index is 12.4. The zero-order chi connectivity index (χ0) is 20.1. The van der Waals surface area contributed by atoms with Gasteiger partial charge in [0.05, 0.1) is 26.5 Å². The third-order valence-corrected chi connectivity index (χ3v) is 4.24. The summed E-state index contributed by atoms with van der Waals surface area (Å²) < 4.78 is 16.1. The van der Waals surface area contributed by atoms with E-state index >= 15 is 0 Å². The van der Waals surface area contributed by atoms with E-state index in [4.69, 9.17) is 13.9 Å². The summed E-state index contributed by atoms with van der Waals surface area (Å²) in [4.78, 5) is 16.7. The van der Waals surface area contributed by atoms with Crippen LogP contribution in [-0.2, 0) is 0 Å². The smallest absolute Gasteiger partial charge is 0.319 e. The number of nitrogens with zero attached hydrogens (tertiary/aromatic N) is 1. The molecule has 0 bridgehead atoms. The predicted octanol–water partition coefficient (Wildman–Crippen LogP) is 4.55. The lowest BCUT2D eigenvalue weighted by atomic mass is 10.1. The normalized spacial score (nSPS) is 11.6. The van der Waals surface area contributed by atoms with Crippen LogP contribution in [0.4, 0.5) is 10.5 Å². The van der Waals surface area contributed by atoms with E-state index in [1.54, 1.807) is 32.5 Å². The SMILES string of the molecule is COc1ccc([C@@H](C)NC(=O)Nc2cccc(-c3ncc(C)o3)c2)c(OC)c1. The van der Waals surface area contributed by atoms with Gasteiger partial charge in [-0.2, -0.15) is 0 Å². The second-order valence-corrected chi connectivity index (χ2v) is 6.28. The molecule has 0 fully saturated rings. The average molecular weight is 381 g/mol. The van der Waals surface area contributed by atoms with Gasteiger partial charge in [-0.25, -0.2) is 9.78 Å². The van der Waals surface area contributed by atoms with Crippen molar-refractivity contribution in [1.29, 1.82) is 0 Å². The minimum absolute atomic E-state index is 0.265. The number of anilines is 1. The molecule has 0 aliphatic heterocycles. The van der Waals surface area contributed by atoms with Crippen LogP contribution in [0, 0.1) is 6.92 Å². The maximum Gasteiger partial charge on any atom is 0.319 e. The number of amides is 2. The van der Waals surface area contributed by atoms with E-state index in [-0.39, 0.29) is 12.1 Å². The molecule has 3 aromatic rings. The number of methoxy groups -OCH3 is 2. The maximum absolute atomic E-state index is 12.4. The van der Waals surface area contributed by atoms with Gasteiger partial charge < -0.3 is 24.5 Å². The first-order valence-electron chi connectivity index (χ1n) is 8.82. The van der Waals surface area contributed by atoms with Crippen molar-refractivity contribution in [1.82, 2.24) is 10.3 Å². The van der Waals surface area contributed by atoms with Crippen LogP contribution in [-0.4, -0.2) is 25.2 Å². The fraction of sp³-hybridized carbons (Fsp3) is 0.238. The second kappa shape index (κ2) is 8.47. The number of oxazole rings is 1. The fourth-order valence-corrected chi connectivity index (χ4v) is 2.84. The first kappa shape index (κ1) is 19.3. The lowest BCUT2D eigenvalue weighted by Gasteiger charge is -2.18. The minimum Gasteiger partial charge on any atom is -0.497 e. The number of nitrogens with one attached hydrogen (secondary N) is 2. The van der Waals surface area contributed by atoms with Crippen molar-refractivity contribution in [2.75, 3.05) is 19.5 Å². The van der Waals surface area contributed by atoms with Crippen molar-refractivity contribution >= 4 is 11.7 Å². The first-order chi connectivity index (χ1) is 13.5. The molecule has 7 heteroatoms. The number of benzene rings is 2. The van der Waals surface area contributed by atoms with Gasteiger partial charge in [0, 0.05) is 22.9 Å². The second-order valence-electron chi connectivity index (χ2n) is 6.28.